The summed E-state index contributed by atoms with van der Waals surface area (Å²) in [7, 11) is 12.1. The molecule has 5 heteroatoms. The number of fused-ring (bicyclic) bond motifs is 2. The number of ether oxygens (including phenoxy) is 1. The molecule has 0 aromatic heterocycles. The van der Waals surface area contributed by atoms with E-state index in [9.17, 15) is 0 Å². The zero-order valence-corrected chi connectivity index (χ0v) is 31.4. The minimum atomic E-state index is -0.133. The Bertz CT molecular complexity index is 1850. The summed E-state index contributed by atoms with van der Waals surface area (Å²) in [5, 5.41) is 7.63. The summed E-state index contributed by atoms with van der Waals surface area (Å²) in [5.74, 6) is 3.33. The molecule has 0 saturated heterocycles. The maximum absolute atomic E-state index is 5.27. The number of rotatable bonds is 5. The number of methoxy groups -OCH3 is 1. The predicted octanol–water partition coefficient (Wildman–Crippen LogP) is 10.1. The van der Waals surface area contributed by atoms with Crippen LogP contribution in [0.3, 0.4) is 0 Å². The van der Waals surface area contributed by atoms with E-state index in [0.717, 1.165) is 5.75 Å². The second-order valence-corrected chi connectivity index (χ2v) is 13.4. The molecule has 1 saturated carbocycles. The van der Waals surface area contributed by atoms with Crippen molar-refractivity contribution in [2.75, 3.05) is 7.11 Å². The van der Waals surface area contributed by atoms with Gasteiger partial charge in [0.25, 0.3) is 0 Å². The Labute approximate surface area is 293 Å². The monoisotopic (exact) mass is 746 g/mol. The van der Waals surface area contributed by atoms with Crippen LogP contribution in [0.4, 0.5) is 0 Å². The van der Waals surface area contributed by atoms with E-state index in [4.69, 9.17) is 4.74 Å². The number of hydrogen-bond acceptors (Lipinski definition) is 1. The summed E-state index contributed by atoms with van der Waals surface area (Å²) in [6.45, 7) is 11.2. The molecule has 0 aliphatic heterocycles. The van der Waals surface area contributed by atoms with Crippen molar-refractivity contribution in [3.05, 3.63) is 151 Å². The van der Waals surface area contributed by atoms with E-state index in [1.165, 1.54) is 65.9 Å². The van der Waals surface area contributed by atoms with Crippen LogP contribution in [0.25, 0.3) is 32.7 Å². The van der Waals surface area contributed by atoms with E-state index in [1.807, 2.05) is 29.4 Å². The topological polar surface area (TPSA) is 9.23 Å². The van der Waals surface area contributed by atoms with Crippen LogP contribution in [0, 0.1) is 37.7 Å². The van der Waals surface area contributed by atoms with Gasteiger partial charge >= 0.3 is 27.0 Å². The Morgan fingerprint density at radius 1 is 0.783 bits per heavy atom. The third kappa shape index (κ3) is 6.80. The molecule has 4 atom stereocenters. The van der Waals surface area contributed by atoms with E-state index in [-0.39, 0.29) is 5.41 Å². The molecule has 0 spiro atoms. The second kappa shape index (κ2) is 15.0. The predicted molar refractivity (Wildman–Crippen MR) is 202 cm³/mol. The van der Waals surface area contributed by atoms with Gasteiger partial charge in [-0.25, -0.2) is 5.41 Å². The molecule has 0 radical (unpaired) electrons. The molecule has 0 amide bonds. The normalized spacial score (nSPS) is 16.8. The van der Waals surface area contributed by atoms with Crippen LogP contribution in [-0.2, 0) is 22.7 Å². The Morgan fingerprint density at radius 2 is 1.30 bits per heavy atom. The molecule has 3 unspecified atom stereocenters. The average molecular weight is 746 g/mol. The molecular formula is C41H39ClOP2Ru. The van der Waals surface area contributed by atoms with Gasteiger partial charge in [0.05, 0.1) is 7.11 Å². The number of halogens is 1. The first-order valence-corrected chi connectivity index (χ1v) is 18.7. The van der Waals surface area contributed by atoms with Gasteiger partial charge in [0, 0.05) is 0 Å². The Kier molecular flexibility index (Phi) is 11.3. The van der Waals surface area contributed by atoms with Crippen LogP contribution < -0.4 is 15.3 Å². The Balaban J connectivity index is 0.000000172. The van der Waals surface area contributed by atoms with E-state index < -0.39 is 0 Å². The van der Waals surface area contributed by atoms with Crippen molar-refractivity contribution in [1.29, 1.82) is 0 Å². The second-order valence-electron chi connectivity index (χ2n) is 12.1. The van der Waals surface area contributed by atoms with E-state index >= 15 is 0 Å². The molecule has 0 bridgehead atoms. The molecule has 1 aliphatic carbocycles. The van der Waals surface area contributed by atoms with Crippen molar-refractivity contribution in [3.63, 3.8) is 0 Å². The number of hydrogen-bond donors (Lipinski definition) is 0. The fraction of sp³-hybridized carbons (Fsp3) is 0.171. The molecular weight excluding hydrogens is 707 g/mol. The molecule has 6 aromatic carbocycles. The molecule has 46 heavy (non-hydrogen) atoms. The summed E-state index contributed by atoms with van der Waals surface area (Å²) in [5.41, 5.74) is 6.19. The third-order valence-corrected chi connectivity index (χ3v) is 9.90. The van der Waals surface area contributed by atoms with Gasteiger partial charge in [-0.1, -0.05) is 116 Å². The zero-order valence-electron chi connectivity index (χ0n) is 26.6. The van der Waals surface area contributed by atoms with Crippen LogP contribution >= 0.6 is 28.2 Å². The first-order valence-electron chi connectivity index (χ1n) is 15.3. The van der Waals surface area contributed by atoms with E-state index in [0.29, 0.717) is 11.8 Å². The van der Waals surface area contributed by atoms with Crippen LogP contribution in [0.5, 0.6) is 5.75 Å². The van der Waals surface area contributed by atoms with Crippen LogP contribution in [0.1, 0.15) is 30.5 Å². The standard InChI is InChI=1S/C21H23O.C20H16P2.ClH.Ru/c1-14(2)19-20(16-8-6-15(3)7-9-16)21(19,4)17-10-12-18(22-5)13-11-17;21-17-11-9-13-5-1-3-7-15(13)19(17)20-16-8-4-2-6-14(16)10-12-18(20)22;;/h6-8,10-14,19H,4H2,1-3,5H3;1-12H,21-22H2;1H;/q-3;;;+4/p-1/t19-,21?;;;/m1.../s1. The molecule has 6 aromatic rings. The van der Waals surface area contributed by atoms with Crippen molar-refractivity contribution in [3.8, 4) is 16.9 Å². The minimum absolute atomic E-state index is 0.133. The number of benzene rings is 6. The van der Waals surface area contributed by atoms with E-state index in [1.54, 1.807) is 7.11 Å². The summed E-state index contributed by atoms with van der Waals surface area (Å²) >= 11 is 1.82. The van der Waals surface area contributed by atoms with Crippen molar-refractivity contribution < 1.29 is 22.0 Å². The van der Waals surface area contributed by atoms with Gasteiger partial charge < -0.3 is 29.2 Å². The van der Waals surface area contributed by atoms with Gasteiger partial charge in [0.2, 0.25) is 0 Å². The van der Waals surface area contributed by atoms with Gasteiger partial charge in [-0.15, -0.1) is 24.4 Å². The van der Waals surface area contributed by atoms with Crippen LogP contribution in [0.2, 0.25) is 0 Å². The Hall–Kier alpha value is -2.72. The molecule has 1 aliphatic rings. The third-order valence-electron chi connectivity index (χ3n) is 8.94. The van der Waals surface area contributed by atoms with Crippen molar-refractivity contribution in [2.24, 2.45) is 11.8 Å². The van der Waals surface area contributed by atoms with Gasteiger partial charge in [-0.3, -0.25) is 6.07 Å². The molecule has 0 heterocycles. The van der Waals surface area contributed by atoms with Crippen LogP contribution in [0.15, 0.2) is 115 Å². The van der Waals surface area contributed by atoms with Crippen molar-refractivity contribution in [1.82, 2.24) is 0 Å². The summed E-state index contributed by atoms with van der Waals surface area (Å²) in [6, 6.07) is 44.1. The summed E-state index contributed by atoms with van der Waals surface area (Å²) < 4.78 is 5.27. The molecule has 1 nitrogen and oxygen atoms in total. The SMILES string of the molecule is Pc1ccc2ccccc2c1-c1c(P)ccc2ccccc12.[CH2-]C1(c2ccc(OC)cc2)[C-](c2[c-]cc(C)cc2)[C@H]1C(C)C.[Cl][Ru+3]. The zero-order chi connectivity index (χ0) is 33.0. The fourth-order valence-electron chi connectivity index (χ4n) is 6.74. The fourth-order valence-corrected chi connectivity index (χ4v) is 7.53. The van der Waals surface area contributed by atoms with Crippen molar-refractivity contribution in [2.45, 2.75) is 26.2 Å². The summed E-state index contributed by atoms with van der Waals surface area (Å²) in [6.07, 6.45) is 0. The molecule has 234 valence electrons. The van der Waals surface area contributed by atoms with Gasteiger partial charge in [-0.2, -0.15) is 12.1 Å². The first kappa shape index (κ1) is 34.6. The van der Waals surface area contributed by atoms with Gasteiger partial charge in [-0.05, 0) is 62.3 Å². The number of aryl methyl sites for hydroxylation is 1. The average Bonchev–Trinajstić information content (AvgIpc) is 3.73. The molecule has 1 fully saturated rings. The maximum atomic E-state index is 5.27. The Morgan fingerprint density at radius 3 is 1.76 bits per heavy atom. The van der Waals surface area contributed by atoms with Crippen LogP contribution in [-0.4, -0.2) is 7.11 Å². The van der Waals surface area contributed by atoms with E-state index in [2.05, 4.69) is 165 Å². The van der Waals surface area contributed by atoms with Crippen molar-refractivity contribution >= 4 is 60.3 Å². The first-order chi connectivity index (χ1) is 22.2. The molecule has 7 rings (SSSR count). The quantitative estimate of drug-likeness (QED) is 0.0970. The van der Waals surface area contributed by atoms with Gasteiger partial charge in [0.15, 0.2) is 0 Å². The van der Waals surface area contributed by atoms with Gasteiger partial charge in [0.1, 0.15) is 5.75 Å². The summed E-state index contributed by atoms with van der Waals surface area (Å²) in [4.78, 5) is 0. The molecule has 0 N–H and O–H groups in total.